The Morgan fingerprint density at radius 3 is 2.52 bits per heavy atom. The number of aryl methyl sites for hydroxylation is 1. The molecule has 0 spiro atoms. The van der Waals surface area contributed by atoms with Crippen LogP contribution in [0.2, 0.25) is 0 Å². The lowest BCUT2D eigenvalue weighted by Gasteiger charge is -2.38. The first-order valence-electron chi connectivity index (χ1n) is 9.99. The smallest absolute Gasteiger partial charge is 0.313 e. The SMILES string of the molecule is CCCCN1CCN([C@@H](C(=O)NCc2ccc(C)o2)c2ccccc2)C(=O)C1=O. The van der Waals surface area contributed by atoms with Crippen molar-refractivity contribution >= 4 is 17.7 Å². The summed E-state index contributed by atoms with van der Waals surface area (Å²) in [6.45, 7) is 5.41. The van der Waals surface area contributed by atoms with Crippen LogP contribution >= 0.6 is 0 Å². The fourth-order valence-electron chi connectivity index (χ4n) is 3.46. The van der Waals surface area contributed by atoms with E-state index in [1.165, 1.54) is 4.90 Å². The first-order chi connectivity index (χ1) is 14.0. The maximum Gasteiger partial charge on any atom is 0.313 e. The average molecular weight is 397 g/mol. The molecule has 7 nitrogen and oxygen atoms in total. The molecular weight excluding hydrogens is 370 g/mol. The van der Waals surface area contributed by atoms with E-state index in [0.717, 1.165) is 18.6 Å². The number of carbonyl (C=O) groups is 3. The fraction of sp³-hybridized carbons (Fsp3) is 0.409. The third-order valence-electron chi connectivity index (χ3n) is 5.03. The first-order valence-corrected chi connectivity index (χ1v) is 9.99. The van der Waals surface area contributed by atoms with E-state index < -0.39 is 17.9 Å². The highest BCUT2D eigenvalue weighted by Crippen LogP contribution is 2.24. The second-order valence-corrected chi connectivity index (χ2v) is 7.19. The third-order valence-corrected chi connectivity index (χ3v) is 5.03. The molecule has 29 heavy (non-hydrogen) atoms. The Morgan fingerprint density at radius 2 is 1.86 bits per heavy atom. The minimum absolute atomic E-state index is 0.217. The van der Waals surface area contributed by atoms with Gasteiger partial charge in [0.1, 0.15) is 17.6 Å². The van der Waals surface area contributed by atoms with Gasteiger partial charge in [-0.3, -0.25) is 14.4 Å². The van der Waals surface area contributed by atoms with Crippen molar-refractivity contribution in [2.75, 3.05) is 19.6 Å². The summed E-state index contributed by atoms with van der Waals surface area (Å²) in [6, 6.07) is 11.8. The van der Waals surface area contributed by atoms with Crippen LogP contribution in [0, 0.1) is 6.92 Å². The molecule has 0 radical (unpaired) electrons. The zero-order valence-corrected chi connectivity index (χ0v) is 16.9. The molecule has 154 valence electrons. The molecule has 1 aromatic heterocycles. The van der Waals surface area contributed by atoms with Gasteiger partial charge in [0.05, 0.1) is 6.54 Å². The van der Waals surface area contributed by atoms with Gasteiger partial charge in [0.25, 0.3) is 0 Å². The highest BCUT2D eigenvalue weighted by atomic mass is 16.3. The van der Waals surface area contributed by atoms with Crippen molar-refractivity contribution in [1.82, 2.24) is 15.1 Å². The maximum atomic E-state index is 13.1. The molecule has 0 saturated carbocycles. The van der Waals surface area contributed by atoms with Crippen LogP contribution < -0.4 is 5.32 Å². The largest absolute Gasteiger partial charge is 0.465 e. The van der Waals surface area contributed by atoms with Crippen LogP contribution in [0.5, 0.6) is 0 Å². The average Bonchev–Trinajstić information content (AvgIpc) is 3.15. The summed E-state index contributed by atoms with van der Waals surface area (Å²) in [7, 11) is 0. The van der Waals surface area contributed by atoms with Gasteiger partial charge >= 0.3 is 11.8 Å². The second kappa shape index (κ2) is 9.41. The summed E-state index contributed by atoms with van der Waals surface area (Å²) >= 11 is 0. The highest BCUT2D eigenvalue weighted by Gasteiger charge is 2.39. The summed E-state index contributed by atoms with van der Waals surface area (Å²) in [5, 5.41) is 2.84. The van der Waals surface area contributed by atoms with E-state index in [2.05, 4.69) is 5.32 Å². The van der Waals surface area contributed by atoms with Crippen LogP contribution in [0.4, 0.5) is 0 Å². The minimum atomic E-state index is -0.864. The predicted molar refractivity (Wildman–Crippen MR) is 108 cm³/mol. The molecule has 1 saturated heterocycles. The van der Waals surface area contributed by atoms with Gasteiger partial charge in [-0.2, -0.15) is 0 Å². The summed E-state index contributed by atoms with van der Waals surface area (Å²) in [4.78, 5) is 41.4. The Labute approximate surface area is 170 Å². The van der Waals surface area contributed by atoms with Crippen LogP contribution in [0.3, 0.4) is 0 Å². The maximum absolute atomic E-state index is 13.1. The summed E-state index contributed by atoms with van der Waals surface area (Å²) in [5.74, 6) is -0.119. The number of benzene rings is 1. The Bertz CT molecular complexity index is 862. The number of furan rings is 1. The first kappa shape index (κ1) is 20.6. The van der Waals surface area contributed by atoms with Crippen LogP contribution in [0.25, 0.3) is 0 Å². The summed E-state index contributed by atoms with van der Waals surface area (Å²) in [5.41, 5.74) is 0.670. The van der Waals surface area contributed by atoms with E-state index in [1.807, 2.05) is 38.1 Å². The van der Waals surface area contributed by atoms with E-state index in [-0.39, 0.29) is 12.5 Å². The van der Waals surface area contributed by atoms with E-state index in [4.69, 9.17) is 4.42 Å². The standard InChI is InChI=1S/C22H27N3O4/c1-3-4-12-24-13-14-25(22(28)21(24)27)19(17-8-6-5-7-9-17)20(26)23-15-18-11-10-16(2)29-18/h5-11,19H,3-4,12-15H2,1-2H3,(H,23,26)/t19-/m1/s1. The number of piperazine rings is 1. The summed E-state index contributed by atoms with van der Waals surface area (Å²) < 4.78 is 5.50. The molecule has 1 aliphatic rings. The minimum Gasteiger partial charge on any atom is -0.465 e. The van der Waals surface area contributed by atoms with Gasteiger partial charge < -0.3 is 19.5 Å². The molecule has 1 fully saturated rings. The zero-order chi connectivity index (χ0) is 20.8. The molecule has 0 aliphatic carbocycles. The third kappa shape index (κ3) is 4.85. The molecule has 3 amide bonds. The van der Waals surface area contributed by atoms with Gasteiger partial charge in [-0.1, -0.05) is 43.7 Å². The van der Waals surface area contributed by atoms with Crippen molar-refractivity contribution in [2.45, 2.75) is 39.3 Å². The van der Waals surface area contributed by atoms with Crippen LogP contribution in [0.15, 0.2) is 46.9 Å². The van der Waals surface area contributed by atoms with Crippen LogP contribution in [0.1, 0.15) is 42.9 Å². The van der Waals surface area contributed by atoms with Gasteiger partial charge in [0.2, 0.25) is 5.91 Å². The van der Waals surface area contributed by atoms with Crippen molar-refractivity contribution in [3.8, 4) is 0 Å². The number of rotatable bonds is 8. The van der Waals surface area contributed by atoms with Gasteiger partial charge in [0, 0.05) is 19.6 Å². The number of carbonyl (C=O) groups excluding carboxylic acids is 3. The molecular formula is C22H27N3O4. The van der Waals surface area contributed by atoms with E-state index in [0.29, 0.717) is 31.0 Å². The number of amides is 3. The number of hydrogen-bond donors (Lipinski definition) is 1. The molecule has 1 N–H and O–H groups in total. The molecule has 1 atom stereocenters. The van der Waals surface area contributed by atoms with Gasteiger partial charge in [0.15, 0.2) is 0 Å². The molecule has 0 bridgehead atoms. The lowest BCUT2D eigenvalue weighted by Crippen LogP contribution is -2.57. The Morgan fingerprint density at radius 1 is 1.10 bits per heavy atom. The van der Waals surface area contributed by atoms with E-state index in [9.17, 15) is 14.4 Å². The second-order valence-electron chi connectivity index (χ2n) is 7.19. The molecule has 2 aromatic rings. The predicted octanol–water partition coefficient (Wildman–Crippen LogP) is 2.42. The fourth-order valence-corrected chi connectivity index (χ4v) is 3.46. The number of unbranched alkanes of at least 4 members (excludes halogenated alkanes) is 1. The van der Waals surface area contributed by atoms with E-state index >= 15 is 0 Å². The number of hydrogen-bond acceptors (Lipinski definition) is 4. The number of nitrogens with zero attached hydrogens (tertiary/aromatic N) is 2. The quantitative estimate of drug-likeness (QED) is 0.694. The number of nitrogens with one attached hydrogen (secondary N) is 1. The molecule has 0 unspecified atom stereocenters. The Kier molecular flexibility index (Phi) is 6.69. The summed E-state index contributed by atoms with van der Waals surface area (Å²) in [6.07, 6.45) is 1.80. The lowest BCUT2D eigenvalue weighted by atomic mass is 10.0. The Balaban J connectivity index is 1.78. The van der Waals surface area contributed by atoms with Crippen molar-refractivity contribution in [3.05, 3.63) is 59.5 Å². The van der Waals surface area contributed by atoms with Gasteiger partial charge in [-0.15, -0.1) is 0 Å². The monoisotopic (exact) mass is 397 g/mol. The molecule has 3 rings (SSSR count). The zero-order valence-electron chi connectivity index (χ0n) is 16.9. The van der Waals surface area contributed by atoms with Crippen LogP contribution in [-0.2, 0) is 20.9 Å². The van der Waals surface area contributed by atoms with Crippen molar-refractivity contribution < 1.29 is 18.8 Å². The highest BCUT2D eigenvalue weighted by molar-refractivity contribution is 6.35. The van der Waals surface area contributed by atoms with Crippen molar-refractivity contribution in [2.24, 2.45) is 0 Å². The molecule has 2 heterocycles. The van der Waals surface area contributed by atoms with Crippen molar-refractivity contribution in [1.29, 1.82) is 0 Å². The van der Waals surface area contributed by atoms with Crippen LogP contribution in [-0.4, -0.2) is 47.2 Å². The van der Waals surface area contributed by atoms with Gasteiger partial charge in [-0.25, -0.2) is 0 Å². The lowest BCUT2D eigenvalue weighted by molar-refractivity contribution is -0.159. The topological polar surface area (TPSA) is 82.9 Å². The Hall–Kier alpha value is -3.09. The van der Waals surface area contributed by atoms with E-state index in [1.54, 1.807) is 23.1 Å². The molecule has 1 aromatic carbocycles. The molecule has 7 heteroatoms. The molecule has 1 aliphatic heterocycles. The van der Waals surface area contributed by atoms with Crippen molar-refractivity contribution in [3.63, 3.8) is 0 Å². The normalized spacial score (nSPS) is 15.5. The van der Waals surface area contributed by atoms with Gasteiger partial charge in [-0.05, 0) is 31.0 Å².